The van der Waals surface area contributed by atoms with E-state index in [0.717, 1.165) is 22.7 Å². The van der Waals surface area contributed by atoms with Crippen molar-refractivity contribution in [2.45, 2.75) is 46.4 Å². The first-order valence-corrected chi connectivity index (χ1v) is 11.8. The summed E-state index contributed by atoms with van der Waals surface area (Å²) >= 11 is 0. The van der Waals surface area contributed by atoms with Gasteiger partial charge in [-0.2, -0.15) is 5.10 Å². The number of benzene rings is 2. The number of aliphatic hydroxyl groups is 1. The largest absolute Gasteiger partial charge is 0.439 e. The van der Waals surface area contributed by atoms with Crippen LogP contribution in [0.4, 0.5) is 0 Å². The SMILES string of the molecule is COCCN(Cc1c(C)nn(-c2ccccc2)c1Oc1ccc(C)cc1)CC(O)COC(C)C. The highest BCUT2D eigenvalue weighted by Crippen LogP contribution is 2.31. The molecule has 2 aromatic carbocycles. The van der Waals surface area contributed by atoms with Crippen molar-refractivity contribution >= 4 is 0 Å². The van der Waals surface area contributed by atoms with Crippen LogP contribution in [0.1, 0.15) is 30.7 Å². The van der Waals surface area contributed by atoms with Gasteiger partial charge >= 0.3 is 0 Å². The van der Waals surface area contributed by atoms with E-state index in [1.54, 1.807) is 7.11 Å². The standard InChI is InChI=1S/C27H37N3O4/c1-20(2)33-19-24(31)17-29(15-16-32-5)18-26-22(4)28-30(23-9-7-6-8-10-23)27(26)34-25-13-11-21(3)12-14-25/h6-14,20,24,31H,15-19H2,1-5H3. The summed E-state index contributed by atoms with van der Waals surface area (Å²) in [7, 11) is 1.68. The summed E-state index contributed by atoms with van der Waals surface area (Å²) in [5, 5.41) is 15.4. The number of aryl methyl sites for hydroxylation is 2. The van der Waals surface area contributed by atoms with Gasteiger partial charge in [0.2, 0.25) is 5.88 Å². The van der Waals surface area contributed by atoms with E-state index in [2.05, 4.69) is 11.8 Å². The smallest absolute Gasteiger partial charge is 0.227 e. The maximum Gasteiger partial charge on any atom is 0.227 e. The van der Waals surface area contributed by atoms with E-state index in [1.807, 2.05) is 80.1 Å². The molecular weight excluding hydrogens is 430 g/mol. The van der Waals surface area contributed by atoms with Crippen LogP contribution in [-0.2, 0) is 16.0 Å². The average molecular weight is 468 g/mol. The second-order valence-electron chi connectivity index (χ2n) is 8.80. The highest BCUT2D eigenvalue weighted by Gasteiger charge is 2.22. The first kappa shape index (κ1) is 25.9. The number of para-hydroxylation sites is 1. The Kier molecular flexibility index (Phi) is 9.65. The van der Waals surface area contributed by atoms with Gasteiger partial charge in [0.15, 0.2) is 0 Å². The van der Waals surface area contributed by atoms with E-state index in [9.17, 15) is 5.11 Å². The molecule has 0 saturated carbocycles. The minimum Gasteiger partial charge on any atom is -0.439 e. The average Bonchev–Trinajstić information content (AvgIpc) is 3.13. The molecular formula is C27H37N3O4. The van der Waals surface area contributed by atoms with Gasteiger partial charge < -0.3 is 19.3 Å². The lowest BCUT2D eigenvalue weighted by molar-refractivity contribution is -0.0122. The van der Waals surface area contributed by atoms with Crippen molar-refractivity contribution in [3.8, 4) is 17.3 Å². The fourth-order valence-electron chi connectivity index (χ4n) is 3.62. The second kappa shape index (κ2) is 12.7. The zero-order valence-electron chi connectivity index (χ0n) is 20.9. The molecule has 7 heteroatoms. The Morgan fingerprint density at radius 3 is 2.38 bits per heavy atom. The van der Waals surface area contributed by atoms with Crippen molar-refractivity contribution in [1.82, 2.24) is 14.7 Å². The Balaban J connectivity index is 1.92. The fraction of sp³-hybridized carbons (Fsp3) is 0.444. The van der Waals surface area contributed by atoms with E-state index in [-0.39, 0.29) is 12.7 Å². The number of hydrogen-bond donors (Lipinski definition) is 1. The molecule has 34 heavy (non-hydrogen) atoms. The van der Waals surface area contributed by atoms with Crippen LogP contribution in [0.25, 0.3) is 5.69 Å². The van der Waals surface area contributed by atoms with Gasteiger partial charge in [0.1, 0.15) is 5.75 Å². The number of ether oxygens (including phenoxy) is 3. The summed E-state index contributed by atoms with van der Waals surface area (Å²) in [5.74, 6) is 1.42. The van der Waals surface area contributed by atoms with E-state index in [1.165, 1.54) is 5.56 Å². The first-order valence-electron chi connectivity index (χ1n) is 11.8. The molecule has 0 radical (unpaired) electrons. The molecule has 7 nitrogen and oxygen atoms in total. The second-order valence-corrected chi connectivity index (χ2v) is 8.80. The molecule has 0 aliphatic carbocycles. The Hall–Kier alpha value is -2.71. The predicted molar refractivity (Wildman–Crippen MR) is 134 cm³/mol. The Labute approximate surface area is 202 Å². The van der Waals surface area contributed by atoms with Crippen LogP contribution in [0.2, 0.25) is 0 Å². The Bertz CT molecular complexity index is 1000. The maximum absolute atomic E-state index is 10.6. The number of nitrogens with zero attached hydrogens (tertiary/aromatic N) is 3. The molecule has 0 fully saturated rings. The number of aliphatic hydroxyl groups excluding tert-OH is 1. The van der Waals surface area contributed by atoms with E-state index in [0.29, 0.717) is 32.1 Å². The molecule has 184 valence electrons. The van der Waals surface area contributed by atoms with Crippen LogP contribution in [0.3, 0.4) is 0 Å². The van der Waals surface area contributed by atoms with Crippen LogP contribution >= 0.6 is 0 Å². The molecule has 1 heterocycles. The summed E-state index contributed by atoms with van der Waals surface area (Å²) in [6.07, 6.45) is -0.534. The van der Waals surface area contributed by atoms with E-state index in [4.69, 9.17) is 19.3 Å². The lowest BCUT2D eigenvalue weighted by atomic mass is 10.2. The van der Waals surface area contributed by atoms with Crippen molar-refractivity contribution in [2.75, 3.05) is 33.4 Å². The topological polar surface area (TPSA) is 69.0 Å². The molecule has 0 amide bonds. The summed E-state index contributed by atoms with van der Waals surface area (Å²) in [5.41, 5.74) is 3.94. The van der Waals surface area contributed by atoms with E-state index >= 15 is 0 Å². The number of aromatic nitrogens is 2. The van der Waals surface area contributed by atoms with E-state index < -0.39 is 6.10 Å². The van der Waals surface area contributed by atoms with Crippen molar-refractivity contribution in [1.29, 1.82) is 0 Å². The third-order valence-corrected chi connectivity index (χ3v) is 5.46. The van der Waals surface area contributed by atoms with Gasteiger partial charge in [-0.15, -0.1) is 0 Å². The number of rotatable bonds is 13. The first-order chi connectivity index (χ1) is 16.4. The molecule has 0 spiro atoms. The molecule has 1 aromatic heterocycles. The lowest BCUT2D eigenvalue weighted by Crippen LogP contribution is -2.37. The van der Waals surface area contributed by atoms with Gasteiger partial charge in [-0.25, -0.2) is 4.68 Å². The highest BCUT2D eigenvalue weighted by molar-refractivity contribution is 5.43. The summed E-state index contributed by atoms with van der Waals surface area (Å²) in [6.45, 7) is 10.5. The van der Waals surface area contributed by atoms with Gasteiger partial charge in [0, 0.05) is 26.7 Å². The minimum absolute atomic E-state index is 0.0722. The van der Waals surface area contributed by atoms with Gasteiger partial charge in [0.05, 0.1) is 42.4 Å². The molecule has 0 bridgehead atoms. The summed E-state index contributed by atoms with van der Waals surface area (Å²) in [6, 6.07) is 18.0. The third kappa shape index (κ3) is 7.40. The number of hydrogen-bond acceptors (Lipinski definition) is 6. The molecule has 1 unspecified atom stereocenters. The van der Waals surface area contributed by atoms with Gasteiger partial charge in [-0.05, 0) is 52.0 Å². The lowest BCUT2D eigenvalue weighted by Gasteiger charge is -2.25. The van der Waals surface area contributed by atoms with Crippen LogP contribution in [-0.4, -0.2) is 65.4 Å². The normalized spacial score (nSPS) is 12.5. The molecule has 3 aromatic rings. The fourth-order valence-corrected chi connectivity index (χ4v) is 3.62. The number of methoxy groups -OCH3 is 1. The monoisotopic (exact) mass is 467 g/mol. The molecule has 0 saturated heterocycles. The highest BCUT2D eigenvalue weighted by atomic mass is 16.5. The van der Waals surface area contributed by atoms with Gasteiger partial charge in [-0.3, -0.25) is 4.90 Å². The molecule has 1 N–H and O–H groups in total. The molecule has 3 rings (SSSR count). The van der Waals surface area contributed by atoms with Crippen LogP contribution in [0.5, 0.6) is 11.6 Å². The predicted octanol–water partition coefficient (Wildman–Crippen LogP) is 4.52. The van der Waals surface area contributed by atoms with Crippen LogP contribution < -0.4 is 4.74 Å². The quantitative estimate of drug-likeness (QED) is 0.399. The van der Waals surface area contributed by atoms with Gasteiger partial charge in [-0.1, -0.05) is 35.9 Å². The summed E-state index contributed by atoms with van der Waals surface area (Å²) < 4.78 is 19.2. The molecule has 0 aliphatic heterocycles. The van der Waals surface area contributed by atoms with Crippen molar-refractivity contribution in [3.05, 3.63) is 71.4 Å². The Morgan fingerprint density at radius 2 is 1.74 bits per heavy atom. The molecule has 0 aliphatic rings. The van der Waals surface area contributed by atoms with Gasteiger partial charge in [0.25, 0.3) is 0 Å². The molecule has 1 atom stereocenters. The zero-order valence-corrected chi connectivity index (χ0v) is 20.9. The van der Waals surface area contributed by atoms with Crippen molar-refractivity contribution < 1.29 is 19.3 Å². The van der Waals surface area contributed by atoms with Crippen molar-refractivity contribution in [2.24, 2.45) is 0 Å². The zero-order chi connectivity index (χ0) is 24.5. The van der Waals surface area contributed by atoms with Crippen molar-refractivity contribution in [3.63, 3.8) is 0 Å². The summed E-state index contributed by atoms with van der Waals surface area (Å²) in [4.78, 5) is 2.15. The van der Waals surface area contributed by atoms with Crippen LogP contribution in [0, 0.1) is 13.8 Å². The van der Waals surface area contributed by atoms with Crippen LogP contribution in [0.15, 0.2) is 54.6 Å². The maximum atomic E-state index is 10.6. The Morgan fingerprint density at radius 1 is 1.03 bits per heavy atom. The minimum atomic E-state index is -0.606. The third-order valence-electron chi connectivity index (χ3n) is 5.46.